The third kappa shape index (κ3) is 9.02. The third-order valence-electron chi connectivity index (χ3n) is 21.7. The molecule has 0 aromatic heterocycles. The molecule has 31 atom stereocenters. The number of aliphatic hydroxyl groups excluding tert-OH is 3. The monoisotopic (exact) mass is 1100 g/mol. The summed E-state index contributed by atoms with van der Waals surface area (Å²) in [5, 5.41) is 30.2. The van der Waals surface area contributed by atoms with E-state index in [4.69, 9.17) is 71.1 Å². The van der Waals surface area contributed by atoms with E-state index in [1.807, 2.05) is 0 Å². The fourth-order valence-corrected chi connectivity index (χ4v) is 18.0. The molecule has 0 aromatic carbocycles. The second-order valence-corrected chi connectivity index (χ2v) is 27.4. The molecular weight excluding hydrogens is 1010 g/mol. The van der Waals surface area contributed by atoms with Gasteiger partial charge in [0.2, 0.25) is 0 Å². The topological polar surface area (TPSA) is 216 Å². The normalized spacial score (nSPS) is 57.6. The predicted octanol–water partition coefficient (Wildman–Crippen LogP) is 4.68. The molecule has 16 aliphatic rings. The Hall–Kier alpha value is -1.73. The molecule has 3 spiro atoms. The van der Waals surface area contributed by atoms with Gasteiger partial charge in [-0.3, -0.25) is 4.79 Å². The molecule has 434 valence electrons. The molecule has 3 N–H and O–H groups in total. The summed E-state index contributed by atoms with van der Waals surface area (Å²) in [5.74, 6) is -2.99. The van der Waals surface area contributed by atoms with E-state index in [2.05, 4.69) is 40.9 Å². The van der Waals surface area contributed by atoms with E-state index < -0.39 is 78.4 Å². The van der Waals surface area contributed by atoms with Gasteiger partial charge in [0.1, 0.15) is 42.7 Å². The minimum Gasteiger partial charge on any atom is -0.459 e. The van der Waals surface area contributed by atoms with Crippen LogP contribution < -0.4 is 0 Å². The van der Waals surface area contributed by atoms with Gasteiger partial charge in [-0.05, 0) is 74.9 Å². The third-order valence-corrected chi connectivity index (χ3v) is 21.7. The van der Waals surface area contributed by atoms with Crippen molar-refractivity contribution in [1.82, 2.24) is 0 Å². The first kappa shape index (κ1) is 53.0. The lowest BCUT2D eigenvalue weighted by Gasteiger charge is -2.50. The molecule has 0 aliphatic carbocycles. The number of hydrogen-bond donors (Lipinski definition) is 3. The zero-order valence-corrected chi connectivity index (χ0v) is 45.8. The smallest absolute Gasteiger partial charge is 0.308 e. The maximum absolute atomic E-state index is 14.6. The highest BCUT2D eigenvalue weighted by atomic mass is 16.8. The van der Waals surface area contributed by atoms with Crippen molar-refractivity contribution in [2.75, 3.05) is 6.61 Å². The van der Waals surface area contributed by atoms with Crippen LogP contribution in [0.1, 0.15) is 143 Å². The Kier molecular flexibility index (Phi) is 13.2. The number of fused-ring (bicyclic) bond motifs is 11. The van der Waals surface area contributed by atoms with Crippen molar-refractivity contribution in [3.63, 3.8) is 0 Å². The van der Waals surface area contributed by atoms with Crippen LogP contribution in [-0.4, -0.2) is 197 Å². The molecular formula is C59H84O19. The number of hydrogen-bond acceptors (Lipinski definition) is 19. The summed E-state index contributed by atoms with van der Waals surface area (Å²) in [6, 6.07) is 0. The second kappa shape index (κ2) is 19.4. The molecule has 16 aliphatic heterocycles. The van der Waals surface area contributed by atoms with E-state index in [0.717, 1.165) is 49.7 Å². The van der Waals surface area contributed by atoms with Crippen molar-refractivity contribution in [1.29, 1.82) is 0 Å². The van der Waals surface area contributed by atoms with Crippen LogP contribution in [-0.2, 0) is 75.8 Å². The van der Waals surface area contributed by atoms with Crippen LogP contribution in [0.15, 0.2) is 24.3 Å². The molecule has 16 rings (SSSR count). The summed E-state index contributed by atoms with van der Waals surface area (Å²) in [6.45, 7) is 17.2. The highest BCUT2D eigenvalue weighted by molar-refractivity contribution is 5.70. The van der Waals surface area contributed by atoms with Crippen molar-refractivity contribution in [2.24, 2.45) is 17.8 Å². The fraction of sp³-hybridized carbons (Fsp3) is 0.915. The average Bonchev–Trinajstić information content (AvgIpc) is 4.09. The standard InChI is InChI=1S/C59H84O19/c1-26-13-31-7-9-36-27(2)14-33(64-36)11-12-57-22-45-52(77-57)53-54(70-45)55(78-57)51-37(68-53)10-8-32(66-51)15-47(63)71-50-30(5)49-42(67-41(50)17-38(65-31)29(26)4)18-40-43(69-49)21-58(73-40)23-46-48(76-58)28(3)19-59(75-46)25-56(6)20-44(74-59)39(72-56)16-34(61)35(62)24-60/h26,28,30-46,48-55,60-62H,2,4,7-25H2,1,3,5-6H3/t26-,28+,30+,31+,32-,33+,34?,35?,36+,37+,38-,39-,40?,41+,42?,43?,44-,45-,46+,48+,49?,50?,51?,52+,53+,54-,55+,56-,57+,58+,59+/m1/s1. The number of carbonyl (C=O) groups excluding carboxylic acids is 1. The summed E-state index contributed by atoms with van der Waals surface area (Å²) in [6.07, 6.45) is 1.88. The van der Waals surface area contributed by atoms with Gasteiger partial charge in [-0.25, -0.2) is 0 Å². The van der Waals surface area contributed by atoms with E-state index in [1.54, 1.807) is 0 Å². The maximum Gasteiger partial charge on any atom is 0.308 e. The van der Waals surface area contributed by atoms with E-state index in [-0.39, 0.29) is 134 Å². The summed E-state index contributed by atoms with van der Waals surface area (Å²) >= 11 is 0. The van der Waals surface area contributed by atoms with Gasteiger partial charge in [0.15, 0.2) is 17.4 Å². The van der Waals surface area contributed by atoms with Crippen LogP contribution in [0.5, 0.6) is 0 Å². The quantitative estimate of drug-likeness (QED) is 0.257. The molecule has 16 heterocycles. The lowest BCUT2D eigenvalue weighted by molar-refractivity contribution is -0.336. The Bertz CT molecular complexity index is 2340. The lowest BCUT2D eigenvalue weighted by Crippen LogP contribution is -2.62. The van der Waals surface area contributed by atoms with Crippen LogP contribution in [0.2, 0.25) is 0 Å². The molecule has 16 saturated heterocycles. The maximum atomic E-state index is 14.6. The molecule has 0 radical (unpaired) electrons. The molecule has 19 nitrogen and oxygen atoms in total. The van der Waals surface area contributed by atoms with Crippen molar-refractivity contribution in [3.05, 3.63) is 24.3 Å². The van der Waals surface area contributed by atoms with E-state index in [1.165, 1.54) is 0 Å². The molecule has 0 saturated carbocycles. The number of ether oxygens (including phenoxy) is 15. The van der Waals surface area contributed by atoms with Gasteiger partial charge < -0.3 is 86.4 Å². The molecule has 19 heteroatoms. The highest BCUT2D eigenvalue weighted by Crippen LogP contribution is 2.59. The van der Waals surface area contributed by atoms with Crippen LogP contribution >= 0.6 is 0 Å². The van der Waals surface area contributed by atoms with E-state index in [0.29, 0.717) is 64.2 Å². The summed E-state index contributed by atoms with van der Waals surface area (Å²) in [7, 11) is 0. The fourth-order valence-electron chi connectivity index (χ4n) is 18.0. The van der Waals surface area contributed by atoms with Crippen LogP contribution in [0.4, 0.5) is 0 Å². The average molecular weight is 1100 g/mol. The molecule has 0 aromatic rings. The first-order valence-corrected chi connectivity index (χ1v) is 30.3. The van der Waals surface area contributed by atoms with Crippen LogP contribution in [0.3, 0.4) is 0 Å². The molecule has 14 bridgehead atoms. The Morgan fingerprint density at radius 1 is 0.538 bits per heavy atom. The number of carbonyl (C=O) groups is 1. The molecule has 8 unspecified atom stereocenters. The summed E-state index contributed by atoms with van der Waals surface area (Å²) in [5.41, 5.74) is 1.60. The van der Waals surface area contributed by atoms with Crippen molar-refractivity contribution in [2.45, 2.75) is 313 Å². The molecule has 78 heavy (non-hydrogen) atoms. The lowest BCUT2D eigenvalue weighted by atomic mass is 9.79. The number of aliphatic hydroxyl groups is 3. The molecule has 16 fully saturated rings. The zero-order valence-electron chi connectivity index (χ0n) is 45.8. The van der Waals surface area contributed by atoms with E-state index in [9.17, 15) is 20.1 Å². The van der Waals surface area contributed by atoms with Gasteiger partial charge in [0.25, 0.3) is 0 Å². The van der Waals surface area contributed by atoms with E-state index >= 15 is 0 Å². The SMILES string of the molecule is C=C1C[C@@H]2CC[C@@]34C[C@H]5O[C@@H]6[C@@H](O[C@H]7CC[C@H](CC(=O)OC8[C@@H](C)C9OC%10C[C@]%11(C[C@@H]%12O[C@@]%13(C[C@H](C)[C@@H]%12O%11)C[C@@]%11(C)C[C@@H](O%13)[C@@H](CC(O)C(O)CO)O%11)OC%10CC9O[C@H]8C[C@H]8O[C@@H](CC[C@@H]1O2)C[C@@H](C)C8=C)OC7[C@@H]6O3)[C@H]5O4. The van der Waals surface area contributed by atoms with Gasteiger partial charge in [0.05, 0.1) is 122 Å². The first-order valence-electron chi connectivity index (χ1n) is 30.3. The second-order valence-electron chi connectivity index (χ2n) is 27.4. The van der Waals surface area contributed by atoms with Gasteiger partial charge in [-0.15, -0.1) is 0 Å². The van der Waals surface area contributed by atoms with Gasteiger partial charge in [-0.1, -0.05) is 33.9 Å². The van der Waals surface area contributed by atoms with Crippen LogP contribution in [0, 0.1) is 17.8 Å². The molecule has 0 amide bonds. The minimum atomic E-state index is -1.26. The first-order chi connectivity index (χ1) is 37.4. The van der Waals surface area contributed by atoms with Crippen molar-refractivity contribution >= 4 is 5.97 Å². The van der Waals surface area contributed by atoms with Crippen molar-refractivity contribution < 1.29 is 91.2 Å². The number of rotatable bonds is 4. The highest BCUT2D eigenvalue weighted by Gasteiger charge is 2.70. The predicted molar refractivity (Wildman–Crippen MR) is 269 cm³/mol. The largest absolute Gasteiger partial charge is 0.459 e. The van der Waals surface area contributed by atoms with Gasteiger partial charge >= 0.3 is 5.97 Å². The Morgan fingerprint density at radius 2 is 1.24 bits per heavy atom. The Labute approximate surface area is 457 Å². The minimum absolute atomic E-state index is 0.0132. The summed E-state index contributed by atoms with van der Waals surface area (Å²) < 4.78 is 104. The summed E-state index contributed by atoms with van der Waals surface area (Å²) in [4.78, 5) is 14.6. The van der Waals surface area contributed by atoms with Gasteiger partial charge in [0, 0.05) is 70.1 Å². The number of esters is 1. The zero-order chi connectivity index (χ0) is 53.4. The Morgan fingerprint density at radius 3 is 2.10 bits per heavy atom. The van der Waals surface area contributed by atoms with Crippen molar-refractivity contribution in [3.8, 4) is 0 Å². The Balaban J connectivity index is 0.662. The van der Waals surface area contributed by atoms with Crippen LogP contribution in [0.25, 0.3) is 0 Å². The van der Waals surface area contributed by atoms with Gasteiger partial charge in [-0.2, -0.15) is 0 Å².